The molecule has 106 valence electrons. The Bertz CT molecular complexity index is 626. The third kappa shape index (κ3) is 2.99. The van der Waals surface area contributed by atoms with Crippen molar-refractivity contribution in [3.8, 4) is 11.1 Å². The predicted octanol–water partition coefficient (Wildman–Crippen LogP) is 4.02. The Kier molecular flexibility index (Phi) is 4.39. The van der Waals surface area contributed by atoms with Crippen molar-refractivity contribution in [1.29, 1.82) is 0 Å². The van der Waals surface area contributed by atoms with Gasteiger partial charge in [-0.05, 0) is 35.9 Å². The highest BCUT2D eigenvalue weighted by molar-refractivity contribution is 5.68. The highest BCUT2D eigenvalue weighted by atomic mass is 19.2. The maximum Gasteiger partial charge on any atom is 0.161 e. The lowest BCUT2D eigenvalue weighted by Gasteiger charge is -2.12. The van der Waals surface area contributed by atoms with Gasteiger partial charge < -0.3 is 5.32 Å². The fourth-order valence-electron chi connectivity index (χ4n) is 1.94. The highest BCUT2D eigenvalue weighted by Gasteiger charge is 2.15. The molecule has 2 aromatic rings. The van der Waals surface area contributed by atoms with Crippen molar-refractivity contribution in [3.63, 3.8) is 0 Å². The Hall–Kier alpha value is -1.88. The zero-order valence-electron chi connectivity index (χ0n) is 10.8. The largest absolute Gasteiger partial charge is 0.313 e. The molecule has 0 radical (unpaired) electrons. The highest BCUT2D eigenvalue weighted by Crippen LogP contribution is 2.29. The Morgan fingerprint density at radius 1 is 0.850 bits per heavy atom. The minimum Gasteiger partial charge on any atom is -0.313 e. The van der Waals surface area contributed by atoms with Crippen LogP contribution in [0.5, 0.6) is 0 Å². The summed E-state index contributed by atoms with van der Waals surface area (Å²) in [6, 6.07) is 5.06. The summed E-state index contributed by atoms with van der Waals surface area (Å²) in [5.41, 5.74) is 0.664. The standard InChI is InChI=1S/C15H13F4N/c1-2-20-8-9-3-4-10(16)5-11(9)12-6-14(18)15(19)7-13(12)17/h3-7,20H,2,8H2,1H3. The molecule has 0 aromatic heterocycles. The molecule has 1 nitrogen and oxygen atoms in total. The van der Waals surface area contributed by atoms with Crippen LogP contribution in [-0.4, -0.2) is 6.54 Å². The fourth-order valence-corrected chi connectivity index (χ4v) is 1.94. The lowest BCUT2D eigenvalue weighted by Crippen LogP contribution is -2.12. The molecule has 5 heteroatoms. The van der Waals surface area contributed by atoms with Crippen molar-refractivity contribution in [1.82, 2.24) is 5.32 Å². The maximum atomic E-state index is 13.8. The molecule has 1 N–H and O–H groups in total. The monoisotopic (exact) mass is 283 g/mol. The van der Waals surface area contributed by atoms with Crippen LogP contribution in [0, 0.1) is 23.3 Å². The molecule has 20 heavy (non-hydrogen) atoms. The first-order chi connectivity index (χ1) is 9.52. The number of benzene rings is 2. The molecule has 0 fully saturated rings. The molecule has 0 aliphatic rings. The Labute approximate surface area is 114 Å². The van der Waals surface area contributed by atoms with Crippen molar-refractivity contribution >= 4 is 0 Å². The average molecular weight is 283 g/mol. The first kappa shape index (κ1) is 14.5. The van der Waals surface area contributed by atoms with Gasteiger partial charge in [0.1, 0.15) is 11.6 Å². The van der Waals surface area contributed by atoms with Gasteiger partial charge >= 0.3 is 0 Å². The van der Waals surface area contributed by atoms with Crippen LogP contribution < -0.4 is 5.32 Å². The van der Waals surface area contributed by atoms with Crippen molar-refractivity contribution in [3.05, 3.63) is 59.2 Å². The van der Waals surface area contributed by atoms with Gasteiger partial charge in [0.25, 0.3) is 0 Å². The van der Waals surface area contributed by atoms with Gasteiger partial charge in [-0.2, -0.15) is 0 Å². The van der Waals surface area contributed by atoms with Crippen LogP contribution in [0.4, 0.5) is 17.6 Å². The van der Waals surface area contributed by atoms with Crippen molar-refractivity contribution < 1.29 is 17.6 Å². The van der Waals surface area contributed by atoms with E-state index in [1.807, 2.05) is 6.92 Å². The van der Waals surface area contributed by atoms with Gasteiger partial charge in [0.15, 0.2) is 11.6 Å². The fraction of sp³-hybridized carbons (Fsp3) is 0.200. The van der Waals surface area contributed by atoms with E-state index in [0.717, 1.165) is 12.1 Å². The number of hydrogen-bond acceptors (Lipinski definition) is 1. The Morgan fingerprint density at radius 2 is 1.55 bits per heavy atom. The molecule has 0 unspecified atom stereocenters. The van der Waals surface area contributed by atoms with Crippen LogP contribution in [0.1, 0.15) is 12.5 Å². The first-order valence-electron chi connectivity index (χ1n) is 6.17. The molecule has 0 saturated heterocycles. The van der Waals surface area contributed by atoms with E-state index < -0.39 is 23.3 Å². The van der Waals surface area contributed by atoms with Crippen molar-refractivity contribution in [2.24, 2.45) is 0 Å². The zero-order chi connectivity index (χ0) is 14.7. The molecule has 2 rings (SSSR count). The lowest BCUT2D eigenvalue weighted by molar-refractivity contribution is 0.496. The van der Waals surface area contributed by atoms with E-state index in [2.05, 4.69) is 5.32 Å². The molecule has 0 heterocycles. The van der Waals surface area contributed by atoms with E-state index in [9.17, 15) is 17.6 Å². The summed E-state index contributed by atoms with van der Waals surface area (Å²) in [6.45, 7) is 2.95. The van der Waals surface area contributed by atoms with Crippen LogP contribution >= 0.6 is 0 Å². The number of hydrogen-bond donors (Lipinski definition) is 1. The third-order valence-electron chi connectivity index (χ3n) is 2.94. The van der Waals surface area contributed by atoms with Gasteiger partial charge in [0.2, 0.25) is 0 Å². The Morgan fingerprint density at radius 3 is 2.25 bits per heavy atom. The number of nitrogens with one attached hydrogen (secondary N) is 1. The van der Waals surface area contributed by atoms with Crippen LogP contribution in [0.25, 0.3) is 11.1 Å². The summed E-state index contributed by atoms with van der Waals surface area (Å²) in [6.07, 6.45) is 0. The summed E-state index contributed by atoms with van der Waals surface area (Å²) < 4.78 is 53.4. The molecular formula is C15H13F4N. The quantitative estimate of drug-likeness (QED) is 0.660. The van der Waals surface area contributed by atoms with Crippen LogP contribution in [0.3, 0.4) is 0 Å². The third-order valence-corrected chi connectivity index (χ3v) is 2.94. The second-order valence-corrected chi connectivity index (χ2v) is 4.33. The average Bonchev–Trinajstić information content (AvgIpc) is 2.41. The van der Waals surface area contributed by atoms with Crippen molar-refractivity contribution in [2.45, 2.75) is 13.5 Å². The summed E-state index contributed by atoms with van der Waals surface area (Å²) in [5.74, 6) is -3.92. The van der Waals surface area contributed by atoms with E-state index in [0.29, 0.717) is 24.7 Å². The molecule has 0 bridgehead atoms. The van der Waals surface area contributed by atoms with Gasteiger partial charge in [0, 0.05) is 18.2 Å². The molecule has 0 saturated carbocycles. The van der Waals surface area contributed by atoms with Crippen molar-refractivity contribution in [2.75, 3.05) is 6.54 Å². The SMILES string of the molecule is CCNCc1ccc(F)cc1-c1cc(F)c(F)cc1F. The van der Waals surface area contributed by atoms with Gasteiger partial charge in [-0.3, -0.25) is 0 Å². The number of halogens is 4. The summed E-state index contributed by atoms with van der Waals surface area (Å²) in [7, 11) is 0. The summed E-state index contributed by atoms with van der Waals surface area (Å²) in [4.78, 5) is 0. The van der Waals surface area contributed by atoms with E-state index in [4.69, 9.17) is 0 Å². The van der Waals surface area contributed by atoms with Crippen LogP contribution in [-0.2, 0) is 6.54 Å². The summed E-state index contributed by atoms with van der Waals surface area (Å²) >= 11 is 0. The second kappa shape index (κ2) is 6.05. The minimum atomic E-state index is -1.27. The lowest BCUT2D eigenvalue weighted by atomic mass is 9.98. The van der Waals surface area contributed by atoms with E-state index in [1.165, 1.54) is 12.1 Å². The molecule has 0 atom stereocenters. The smallest absolute Gasteiger partial charge is 0.161 e. The predicted molar refractivity (Wildman–Crippen MR) is 69.1 cm³/mol. The zero-order valence-corrected chi connectivity index (χ0v) is 10.8. The molecule has 0 spiro atoms. The maximum absolute atomic E-state index is 13.8. The first-order valence-corrected chi connectivity index (χ1v) is 6.17. The normalized spacial score (nSPS) is 10.8. The molecular weight excluding hydrogens is 270 g/mol. The van der Waals surface area contributed by atoms with Gasteiger partial charge in [-0.15, -0.1) is 0 Å². The van der Waals surface area contributed by atoms with E-state index in [1.54, 1.807) is 0 Å². The Balaban J connectivity index is 2.55. The van der Waals surface area contributed by atoms with Gasteiger partial charge in [-0.25, -0.2) is 17.6 Å². The topological polar surface area (TPSA) is 12.0 Å². The van der Waals surface area contributed by atoms with Gasteiger partial charge in [0.05, 0.1) is 0 Å². The molecule has 2 aromatic carbocycles. The minimum absolute atomic E-state index is 0.156. The van der Waals surface area contributed by atoms with E-state index >= 15 is 0 Å². The molecule has 0 amide bonds. The molecule has 0 aliphatic carbocycles. The van der Waals surface area contributed by atoms with E-state index in [-0.39, 0.29) is 11.1 Å². The van der Waals surface area contributed by atoms with Crippen LogP contribution in [0.15, 0.2) is 30.3 Å². The van der Waals surface area contributed by atoms with Gasteiger partial charge in [-0.1, -0.05) is 13.0 Å². The second-order valence-electron chi connectivity index (χ2n) is 4.33. The number of rotatable bonds is 4. The van der Waals surface area contributed by atoms with Crippen LogP contribution in [0.2, 0.25) is 0 Å². The molecule has 0 aliphatic heterocycles. The summed E-state index contributed by atoms with van der Waals surface area (Å²) in [5, 5.41) is 3.03.